The summed E-state index contributed by atoms with van der Waals surface area (Å²) in [6, 6.07) is 1.64. The van der Waals surface area contributed by atoms with E-state index in [-0.39, 0.29) is 12.3 Å². The van der Waals surface area contributed by atoms with E-state index < -0.39 is 10.0 Å². The van der Waals surface area contributed by atoms with E-state index in [1.807, 2.05) is 0 Å². The Labute approximate surface area is 107 Å². The molecule has 0 spiro atoms. The largest absolute Gasteiger partial charge is 0.360 e. The summed E-state index contributed by atoms with van der Waals surface area (Å²) >= 11 is 0. The molecule has 1 aromatic rings. The monoisotopic (exact) mass is 274 g/mol. The van der Waals surface area contributed by atoms with Gasteiger partial charge in [-0.05, 0) is 0 Å². The van der Waals surface area contributed by atoms with Gasteiger partial charge >= 0.3 is 0 Å². The summed E-state index contributed by atoms with van der Waals surface area (Å²) in [6.45, 7) is 4.36. The summed E-state index contributed by atoms with van der Waals surface area (Å²) in [6.07, 6.45) is 1.49. The second-order valence-electron chi connectivity index (χ2n) is 4.21. The number of rotatable bonds is 6. The molecule has 7 nitrogen and oxygen atoms in total. The van der Waals surface area contributed by atoms with Gasteiger partial charge in [0.2, 0.25) is 10.0 Å². The molecule has 1 saturated heterocycles. The molecule has 0 aliphatic carbocycles. The van der Waals surface area contributed by atoms with Gasteiger partial charge in [-0.3, -0.25) is 4.90 Å². The Hall–Kier alpha value is -0.960. The summed E-state index contributed by atoms with van der Waals surface area (Å²) in [4.78, 5) is 2.14. The molecular weight excluding hydrogens is 256 g/mol. The smallest absolute Gasteiger partial charge is 0.213 e. The van der Waals surface area contributed by atoms with Crippen LogP contribution in [0.2, 0.25) is 0 Å². The molecule has 0 saturated carbocycles. The Morgan fingerprint density at radius 1 is 1.44 bits per heavy atom. The third-order valence-corrected chi connectivity index (χ3v) is 4.15. The zero-order valence-electron chi connectivity index (χ0n) is 10.1. The molecule has 0 unspecified atom stereocenters. The van der Waals surface area contributed by atoms with E-state index in [2.05, 4.69) is 20.1 Å². The van der Waals surface area contributed by atoms with E-state index in [0.717, 1.165) is 26.2 Å². The average molecular weight is 274 g/mol. The molecule has 1 fully saturated rings. The third-order valence-electron chi connectivity index (χ3n) is 2.84. The van der Waals surface area contributed by atoms with Gasteiger partial charge in [0.15, 0.2) is 5.76 Å². The van der Waals surface area contributed by atoms with E-state index >= 15 is 0 Å². The number of hydrogen-bond donors (Lipinski definition) is 2. The molecule has 2 heterocycles. The van der Waals surface area contributed by atoms with E-state index in [1.165, 1.54) is 6.20 Å². The molecule has 0 amide bonds. The third kappa shape index (κ3) is 4.37. The van der Waals surface area contributed by atoms with Crippen molar-refractivity contribution in [2.24, 2.45) is 0 Å². The molecule has 1 aliphatic rings. The van der Waals surface area contributed by atoms with Crippen LogP contribution in [-0.4, -0.2) is 57.0 Å². The fourth-order valence-electron chi connectivity index (χ4n) is 1.77. The molecular formula is C10H18N4O3S. The topological polar surface area (TPSA) is 87.5 Å². The summed E-state index contributed by atoms with van der Waals surface area (Å²) in [5.41, 5.74) is 0. The molecule has 102 valence electrons. The number of aromatic nitrogens is 1. The minimum Gasteiger partial charge on any atom is -0.360 e. The second kappa shape index (κ2) is 6.28. The molecule has 1 aliphatic heterocycles. The van der Waals surface area contributed by atoms with E-state index in [1.54, 1.807) is 6.07 Å². The quantitative estimate of drug-likeness (QED) is 0.692. The number of hydrogen-bond acceptors (Lipinski definition) is 6. The van der Waals surface area contributed by atoms with E-state index in [9.17, 15) is 8.42 Å². The lowest BCUT2D eigenvalue weighted by Crippen LogP contribution is -2.45. The molecule has 2 rings (SSSR count). The first-order valence-electron chi connectivity index (χ1n) is 5.96. The highest BCUT2D eigenvalue weighted by molar-refractivity contribution is 7.89. The van der Waals surface area contributed by atoms with Crippen molar-refractivity contribution in [3.05, 3.63) is 18.0 Å². The van der Waals surface area contributed by atoms with Crippen LogP contribution in [0.1, 0.15) is 5.76 Å². The summed E-state index contributed by atoms with van der Waals surface area (Å²) < 4.78 is 30.8. The van der Waals surface area contributed by atoms with Gasteiger partial charge in [-0.15, -0.1) is 0 Å². The number of nitrogens with zero attached hydrogens (tertiary/aromatic N) is 2. The molecule has 0 bridgehead atoms. The van der Waals surface area contributed by atoms with Gasteiger partial charge in [0.25, 0.3) is 0 Å². The van der Waals surface area contributed by atoms with Crippen LogP contribution in [0.3, 0.4) is 0 Å². The minimum absolute atomic E-state index is 0.112. The molecule has 18 heavy (non-hydrogen) atoms. The Morgan fingerprint density at radius 3 is 2.89 bits per heavy atom. The van der Waals surface area contributed by atoms with Crippen LogP contribution in [0.25, 0.3) is 0 Å². The number of nitrogens with one attached hydrogen (secondary N) is 2. The van der Waals surface area contributed by atoms with Gasteiger partial charge in [-0.25, -0.2) is 13.1 Å². The average Bonchev–Trinajstić information content (AvgIpc) is 2.89. The van der Waals surface area contributed by atoms with Gasteiger partial charge in [-0.2, -0.15) is 0 Å². The van der Waals surface area contributed by atoms with Crippen LogP contribution in [0.4, 0.5) is 0 Å². The van der Waals surface area contributed by atoms with Crippen LogP contribution in [0.15, 0.2) is 16.8 Å². The Balaban J connectivity index is 1.73. The lowest BCUT2D eigenvalue weighted by molar-refractivity contribution is 0.253. The molecule has 8 heteroatoms. The van der Waals surface area contributed by atoms with Crippen molar-refractivity contribution in [2.45, 2.75) is 6.54 Å². The SMILES string of the molecule is O=S(=O)(CCN1CCNCC1)NCc1ccno1. The number of sulfonamides is 1. The highest BCUT2D eigenvalue weighted by Crippen LogP contribution is 1.98. The Bertz CT molecular complexity index is 440. The maximum absolute atomic E-state index is 11.8. The van der Waals surface area contributed by atoms with Crippen molar-refractivity contribution < 1.29 is 12.9 Å². The van der Waals surface area contributed by atoms with Gasteiger partial charge in [-0.1, -0.05) is 5.16 Å². The Morgan fingerprint density at radius 2 is 2.22 bits per heavy atom. The lowest BCUT2D eigenvalue weighted by atomic mass is 10.4. The van der Waals surface area contributed by atoms with Crippen molar-refractivity contribution in [3.8, 4) is 0 Å². The van der Waals surface area contributed by atoms with Crippen molar-refractivity contribution in [1.29, 1.82) is 0 Å². The summed E-state index contributed by atoms with van der Waals surface area (Å²) in [5.74, 6) is 0.627. The molecule has 0 aromatic carbocycles. The predicted molar refractivity (Wildman–Crippen MR) is 66.4 cm³/mol. The first kappa shape index (κ1) is 13.5. The number of piperazine rings is 1. The van der Waals surface area contributed by atoms with Crippen molar-refractivity contribution in [2.75, 3.05) is 38.5 Å². The van der Waals surface area contributed by atoms with Crippen molar-refractivity contribution in [1.82, 2.24) is 20.1 Å². The first-order valence-corrected chi connectivity index (χ1v) is 7.61. The van der Waals surface area contributed by atoms with Crippen LogP contribution < -0.4 is 10.0 Å². The van der Waals surface area contributed by atoms with Gasteiger partial charge < -0.3 is 9.84 Å². The molecule has 1 aromatic heterocycles. The Kier molecular flexibility index (Phi) is 4.70. The van der Waals surface area contributed by atoms with Gasteiger partial charge in [0.05, 0.1) is 18.5 Å². The highest BCUT2D eigenvalue weighted by Gasteiger charge is 2.15. The lowest BCUT2D eigenvalue weighted by Gasteiger charge is -2.26. The standard InChI is InChI=1S/C10H18N4O3S/c15-18(16,13-9-10-1-2-12-17-10)8-7-14-5-3-11-4-6-14/h1-2,11,13H,3-9H2. The van der Waals surface area contributed by atoms with Gasteiger partial charge in [0.1, 0.15) is 0 Å². The van der Waals surface area contributed by atoms with E-state index in [0.29, 0.717) is 12.3 Å². The zero-order valence-corrected chi connectivity index (χ0v) is 10.9. The molecule has 0 radical (unpaired) electrons. The fraction of sp³-hybridized carbons (Fsp3) is 0.700. The van der Waals surface area contributed by atoms with Gasteiger partial charge in [0, 0.05) is 38.8 Å². The van der Waals surface area contributed by atoms with E-state index in [4.69, 9.17) is 4.52 Å². The first-order chi connectivity index (χ1) is 8.66. The fourth-order valence-corrected chi connectivity index (χ4v) is 2.78. The summed E-state index contributed by atoms with van der Waals surface area (Å²) in [5, 5.41) is 6.75. The predicted octanol–water partition coefficient (Wildman–Crippen LogP) is -1.00. The van der Waals surface area contributed by atoms with Crippen LogP contribution in [0.5, 0.6) is 0 Å². The van der Waals surface area contributed by atoms with Crippen LogP contribution >= 0.6 is 0 Å². The normalized spacial score (nSPS) is 18.0. The van der Waals surface area contributed by atoms with Crippen molar-refractivity contribution >= 4 is 10.0 Å². The zero-order chi connectivity index (χ0) is 12.8. The minimum atomic E-state index is -3.26. The molecule has 0 atom stereocenters. The van der Waals surface area contributed by atoms with Crippen LogP contribution in [0, 0.1) is 0 Å². The maximum Gasteiger partial charge on any atom is 0.213 e. The maximum atomic E-state index is 11.8. The second-order valence-corrected chi connectivity index (χ2v) is 6.14. The summed E-state index contributed by atoms with van der Waals surface area (Å²) in [7, 11) is -3.26. The van der Waals surface area contributed by atoms with Crippen molar-refractivity contribution in [3.63, 3.8) is 0 Å². The molecule has 2 N–H and O–H groups in total. The van der Waals surface area contributed by atoms with Crippen LogP contribution in [-0.2, 0) is 16.6 Å². The highest BCUT2D eigenvalue weighted by atomic mass is 32.2.